The number of aromatic nitrogens is 2. The van der Waals surface area contributed by atoms with Crippen LogP contribution in [0.25, 0.3) is 17.2 Å². The molecule has 0 aliphatic rings. The van der Waals surface area contributed by atoms with Crippen LogP contribution in [0.15, 0.2) is 64.0 Å². The van der Waals surface area contributed by atoms with Crippen molar-refractivity contribution in [1.82, 2.24) is 10.1 Å². The number of carbonyl (C=O) groups is 1. The molecule has 0 amide bonds. The van der Waals surface area contributed by atoms with Crippen LogP contribution in [0.5, 0.6) is 0 Å². The van der Waals surface area contributed by atoms with Gasteiger partial charge in [0.1, 0.15) is 5.71 Å². The Balaban J connectivity index is 2.02. The van der Waals surface area contributed by atoms with Crippen molar-refractivity contribution in [3.8, 4) is 11.5 Å². The molecule has 3 aromatic rings. The van der Waals surface area contributed by atoms with Crippen LogP contribution in [0.2, 0.25) is 5.02 Å². The molecule has 30 heavy (non-hydrogen) atoms. The second-order valence-electron chi connectivity index (χ2n) is 6.10. The zero-order valence-electron chi connectivity index (χ0n) is 15.5. The predicted molar refractivity (Wildman–Crippen MR) is 111 cm³/mol. The average molecular weight is 447 g/mol. The Hall–Kier alpha value is -3.50. The molecule has 0 fully saturated rings. The minimum absolute atomic E-state index is 0.0178. The molecule has 9 nitrogen and oxygen atoms in total. The van der Waals surface area contributed by atoms with Gasteiger partial charge in [0.15, 0.2) is 9.84 Å². The number of rotatable bonds is 7. The summed E-state index contributed by atoms with van der Waals surface area (Å²) in [7, 11) is -3.44. The second-order valence-corrected chi connectivity index (χ2v) is 8.53. The van der Waals surface area contributed by atoms with Crippen molar-refractivity contribution in [2.75, 3.05) is 11.6 Å². The zero-order chi connectivity index (χ0) is 21.9. The highest BCUT2D eigenvalue weighted by atomic mass is 35.5. The molecule has 0 aliphatic heterocycles. The fourth-order valence-corrected chi connectivity index (χ4v) is 3.23. The maximum absolute atomic E-state index is 11.8. The number of benzene rings is 2. The van der Waals surface area contributed by atoms with Crippen LogP contribution in [0, 0.1) is 5.41 Å². The molecule has 0 bridgehead atoms. The van der Waals surface area contributed by atoms with Crippen LogP contribution >= 0.6 is 11.6 Å². The van der Waals surface area contributed by atoms with Gasteiger partial charge < -0.3 is 14.9 Å². The van der Waals surface area contributed by atoms with Crippen molar-refractivity contribution in [2.24, 2.45) is 0 Å². The van der Waals surface area contributed by atoms with Crippen LogP contribution in [0.1, 0.15) is 5.82 Å². The van der Waals surface area contributed by atoms with Crippen molar-refractivity contribution < 1.29 is 22.8 Å². The summed E-state index contributed by atoms with van der Waals surface area (Å²) in [6.07, 6.45) is 2.10. The van der Waals surface area contributed by atoms with Gasteiger partial charge in [-0.05, 0) is 36.4 Å². The van der Waals surface area contributed by atoms with E-state index in [9.17, 15) is 13.2 Å². The van der Waals surface area contributed by atoms with Gasteiger partial charge in [0.25, 0.3) is 5.89 Å². The Morgan fingerprint density at radius 3 is 2.63 bits per heavy atom. The Morgan fingerprint density at radius 1 is 1.23 bits per heavy atom. The number of carboxylic acid groups (broad SMARTS) is 1. The monoisotopic (exact) mass is 446 g/mol. The van der Waals surface area contributed by atoms with Crippen molar-refractivity contribution >= 4 is 44.5 Å². The van der Waals surface area contributed by atoms with E-state index in [2.05, 4.69) is 15.5 Å². The van der Waals surface area contributed by atoms with E-state index in [1.807, 2.05) is 0 Å². The first-order valence-electron chi connectivity index (χ1n) is 8.35. The highest BCUT2D eigenvalue weighted by molar-refractivity contribution is 7.90. The first kappa shape index (κ1) is 21.2. The number of nitrogens with one attached hydrogen (secondary N) is 2. The molecule has 11 heteroatoms. The maximum atomic E-state index is 11.8. The molecular weight excluding hydrogens is 432 g/mol. The molecule has 0 aliphatic carbocycles. The van der Waals surface area contributed by atoms with E-state index in [1.54, 1.807) is 30.3 Å². The number of halogens is 1. The summed E-state index contributed by atoms with van der Waals surface area (Å²) in [4.78, 5) is 15.4. The summed E-state index contributed by atoms with van der Waals surface area (Å²) >= 11 is 6.14. The van der Waals surface area contributed by atoms with Gasteiger partial charge >= 0.3 is 5.97 Å². The smallest absolute Gasteiger partial charge is 0.353 e. The lowest BCUT2D eigenvalue weighted by atomic mass is 10.2. The Morgan fingerprint density at radius 2 is 1.97 bits per heavy atom. The number of hydrogen-bond donors (Lipinski definition) is 3. The molecule has 0 atom stereocenters. The number of sulfone groups is 1. The first-order valence-corrected chi connectivity index (χ1v) is 10.6. The van der Waals surface area contributed by atoms with Gasteiger partial charge in [0.2, 0.25) is 5.82 Å². The van der Waals surface area contributed by atoms with Crippen molar-refractivity contribution in [1.29, 1.82) is 5.41 Å². The van der Waals surface area contributed by atoms with Crippen LogP contribution in [-0.4, -0.2) is 41.6 Å². The molecule has 1 heterocycles. The minimum atomic E-state index is -3.44. The Labute approximate surface area is 176 Å². The third-order valence-corrected chi connectivity index (χ3v) is 5.28. The molecule has 2 aromatic carbocycles. The standard InChI is InChI=1S/C19H15ClN4O5S/c1-30(27,28)12-6-4-5-11(9-12)18-23-17(24-29-18)16(10-14(21)19(25)26)22-15-8-3-2-7-13(15)20/h2-10,21-22H,1H3,(H,25,26)/b16-10-,21-14?. The molecule has 154 valence electrons. The van der Waals surface area contributed by atoms with Gasteiger partial charge in [0.05, 0.1) is 21.3 Å². The van der Waals surface area contributed by atoms with Crippen molar-refractivity contribution in [3.63, 3.8) is 0 Å². The lowest BCUT2D eigenvalue weighted by Gasteiger charge is -2.09. The molecule has 1 aromatic heterocycles. The van der Waals surface area contributed by atoms with Crippen LogP contribution in [-0.2, 0) is 14.6 Å². The molecule has 0 spiro atoms. The number of hydrogen-bond acceptors (Lipinski definition) is 8. The number of carboxylic acids is 1. The maximum Gasteiger partial charge on any atom is 0.353 e. The van der Waals surface area contributed by atoms with Gasteiger partial charge in [-0.25, -0.2) is 13.2 Å². The summed E-state index contributed by atoms with van der Waals surface area (Å²) in [5, 5.41) is 23.7. The van der Waals surface area contributed by atoms with E-state index in [0.29, 0.717) is 16.3 Å². The van der Waals surface area contributed by atoms with E-state index in [-0.39, 0.29) is 22.3 Å². The summed E-state index contributed by atoms with van der Waals surface area (Å²) in [5.41, 5.74) is 0.149. The second kappa shape index (κ2) is 8.47. The van der Waals surface area contributed by atoms with E-state index in [4.69, 9.17) is 26.6 Å². The number of anilines is 1. The summed E-state index contributed by atoms with van der Waals surface area (Å²) in [6.45, 7) is 0. The number of aliphatic carboxylic acids is 1. The van der Waals surface area contributed by atoms with Gasteiger partial charge in [-0.15, -0.1) is 0 Å². The van der Waals surface area contributed by atoms with Crippen molar-refractivity contribution in [2.45, 2.75) is 4.90 Å². The third-order valence-electron chi connectivity index (χ3n) is 3.84. The molecule has 0 saturated heterocycles. The first-order chi connectivity index (χ1) is 14.1. The van der Waals surface area contributed by atoms with E-state index in [0.717, 1.165) is 12.3 Å². The third kappa shape index (κ3) is 4.91. The minimum Gasteiger partial charge on any atom is -0.477 e. The molecule has 0 radical (unpaired) electrons. The largest absolute Gasteiger partial charge is 0.477 e. The van der Waals surface area contributed by atoms with Gasteiger partial charge in [-0.3, -0.25) is 5.41 Å². The quantitative estimate of drug-likeness (QED) is 0.468. The van der Waals surface area contributed by atoms with Gasteiger partial charge in [0, 0.05) is 11.8 Å². The fourth-order valence-electron chi connectivity index (χ4n) is 2.38. The lowest BCUT2D eigenvalue weighted by molar-refractivity contribution is -0.129. The van der Waals surface area contributed by atoms with E-state index in [1.165, 1.54) is 18.2 Å². The summed E-state index contributed by atoms with van der Waals surface area (Å²) in [6, 6.07) is 12.7. The average Bonchev–Trinajstić information content (AvgIpc) is 3.18. The lowest BCUT2D eigenvalue weighted by Crippen LogP contribution is -2.11. The predicted octanol–water partition coefficient (Wildman–Crippen LogP) is 3.35. The van der Waals surface area contributed by atoms with E-state index >= 15 is 0 Å². The highest BCUT2D eigenvalue weighted by Gasteiger charge is 2.17. The molecule has 0 unspecified atom stereocenters. The molecule has 0 saturated carbocycles. The SMILES string of the molecule is CS(=O)(=O)c1cccc(-c2nc(/C(=C/C(=N)C(=O)O)Nc3ccccc3Cl)no2)c1. The number of nitrogens with zero attached hydrogens (tertiary/aromatic N) is 2. The van der Waals surface area contributed by atoms with Crippen LogP contribution in [0.3, 0.4) is 0 Å². The zero-order valence-corrected chi connectivity index (χ0v) is 17.0. The normalized spacial score (nSPS) is 11.9. The fraction of sp³-hybridized carbons (Fsp3) is 0.0526. The van der Waals surface area contributed by atoms with Crippen LogP contribution in [0.4, 0.5) is 5.69 Å². The summed E-state index contributed by atoms with van der Waals surface area (Å²) in [5.74, 6) is -1.47. The van der Waals surface area contributed by atoms with Crippen molar-refractivity contribution in [3.05, 3.63) is 65.5 Å². The number of para-hydroxylation sites is 1. The van der Waals surface area contributed by atoms with Gasteiger partial charge in [-0.2, -0.15) is 4.98 Å². The van der Waals surface area contributed by atoms with Gasteiger partial charge in [-0.1, -0.05) is 35.0 Å². The Bertz CT molecular complexity index is 1270. The summed E-state index contributed by atoms with van der Waals surface area (Å²) < 4.78 is 28.8. The van der Waals surface area contributed by atoms with E-state index < -0.39 is 21.5 Å². The topological polar surface area (TPSA) is 146 Å². The highest BCUT2D eigenvalue weighted by Crippen LogP contribution is 2.27. The molecule has 3 N–H and O–H groups in total. The Kier molecular flexibility index (Phi) is 5.99. The van der Waals surface area contributed by atoms with Crippen LogP contribution < -0.4 is 5.32 Å². The molecular formula is C19H15ClN4O5S. The molecule has 3 rings (SSSR count).